The van der Waals surface area contributed by atoms with Gasteiger partial charge in [-0.1, -0.05) is 50.4 Å². The van der Waals surface area contributed by atoms with E-state index in [9.17, 15) is 10.1 Å². The van der Waals surface area contributed by atoms with Gasteiger partial charge in [-0.15, -0.1) is 11.3 Å². The fourth-order valence-corrected chi connectivity index (χ4v) is 5.51. The maximum Gasteiger partial charge on any atom is 0.265 e. The topological polar surface area (TPSA) is 62.1 Å². The molecule has 0 radical (unpaired) electrons. The molecule has 0 unspecified atom stereocenters. The number of rotatable bonds is 6. The third kappa shape index (κ3) is 4.77. The summed E-state index contributed by atoms with van der Waals surface area (Å²) in [7, 11) is 0. The van der Waals surface area contributed by atoms with Crippen LogP contribution in [-0.2, 0) is 17.6 Å². The maximum atomic E-state index is 12.7. The molecule has 0 bridgehead atoms. The number of hydrogen-bond acceptors (Lipinski definition) is 4. The average Bonchev–Trinajstić information content (AvgIpc) is 3.05. The number of nitriles is 1. The summed E-state index contributed by atoms with van der Waals surface area (Å²) in [5.74, 6) is 0.652. The van der Waals surface area contributed by atoms with Gasteiger partial charge in [0.05, 0.1) is 10.6 Å². The first kappa shape index (κ1) is 22.9. The Hall–Kier alpha value is -1.74. The van der Waals surface area contributed by atoms with Crippen molar-refractivity contribution in [2.24, 2.45) is 11.3 Å². The predicted molar refractivity (Wildman–Crippen MR) is 124 cm³/mol. The van der Waals surface area contributed by atoms with E-state index in [4.69, 9.17) is 27.9 Å². The van der Waals surface area contributed by atoms with Crippen LogP contribution in [0.15, 0.2) is 18.2 Å². The number of fused-ring (bicyclic) bond motifs is 1. The molecule has 0 aliphatic heterocycles. The summed E-state index contributed by atoms with van der Waals surface area (Å²) >= 11 is 13.6. The summed E-state index contributed by atoms with van der Waals surface area (Å²) in [5.41, 5.74) is 1.95. The molecule has 7 heteroatoms. The predicted octanol–water partition coefficient (Wildman–Crippen LogP) is 6.87. The smallest absolute Gasteiger partial charge is 0.265 e. The van der Waals surface area contributed by atoms with Crippen molar-refractivity contribution in [3.8, 4) is 11.8 Å². The van der Waals surface area contributed by atoms with Crippen molar-refractivity contribution in [1.29, 1.82) is 5.26 Å². The van der Waals surface area contributed by atoms with Crippen LogP contribution in [0.3, 0.4) is 0 Å². The standard InChI is InChI=1S/C23H26Cl2N2O2S/c1-5-23(3,4)14-6-8-16-17(12-26)22(30-20(16)10-14)27-21(28)13(2)29-19-9-7-15(24)11-18(19)25/h7,9,11,13-14H,5-6,8,10H2,1-4H3,(H,27,28)/t13-,14+/m1/s1. The quantitative estimate of drug-likeness (QED) is 0.506. The van der Waals surface area contributed by atoms with Gasteiger partial charge in [0.15, 0.2) is 6.10 Å². The zero-order valence-electron chi connectivity index (χ0n) is 17.6. The number of benzene rings is 1. The molecule has 1 aliphatic carbocycles. The zero-order valence-corrected chi connectivity index (χ0v) is 20.0. The number of amides is 1. The number of carbonyl (C=O) groups excluding carboxylic acids is 1. The van der Waals surface area contributed by atoms with Gasteiger partial charge in [-0.2, -0.15) is 5.26 Å². The molecule has 4 nitrogen and oxygen atoms in total. The third-order valence-corrected chi connectivity index (χ3v) is 7.90. The molecule has 2 atom stereocenters. The molecule has 1 aromatic carbocycles. The highest BCUT2D eigenvalue weighted by atomic mass is 35.5. The van der Waals surface area contributed by atoms with Gasteiger partial charge in [-0.3, -0.25) is 4.79 Å². The lowest BCUT2D eigenvalue weighted by Crippen LogP contribution is -2.30. The maximum absolute atomic E-state index is 12.7. The van der Waals surface area contributed by atoms with Crippen LogP contribution in [0.25, 0.3) is 0 Å². The van der Waals surface area contributed by atoms with E-state index in [1.165, 1.54) is 16.2 Å². The Morgan fingerprint density at radius 1 is 1.43 bits per heavy atom. The second-order valence-electron chi connectivity index (χ2n) is 8.43. The van der Waals surface area contributed by atoms with Crippen LogP contribution in [0.2, 0.25) is 10.0 Å². The highest BCUT2D eigenvalue weighted by Gasteiger charge is 2.34. The van der Waals surface area contributed by atoms with Crippen LogP contribution in [0.5, 0.6) is 5.75 Å². The van der Waals surface area contributed by atoms with Gasteiger partial charge in [0.1, 0.15) is 16.8 Å². The van der Waals surface area contributed by atoms with Gasteiger partial charge in [-0.25, -0.2) is 0 Å². The number of ether oxygens (including phenoxy) is 1. The van der Waals surface area contributed by atoms with Gasteiger partial charge in [-0.05, 0) is 61.3 Å². The van der Waals surface area contributed by atoms with Crippen LogP contribution in [0.4, 0.5) is 5.00 Å². The highest BCUT2D eigenvalue weighted by molar-refractivity contribution is 7.16. The van der Waals surface area contributed by atoms with Crippen molar-refractivity contribution in [2.75, 3.05) is 5.32 Å². The molecule has 2 aromatic rings. The number of hydrogen-bond donors (Lipinski definition) is 1. The number of nitrogens with one attached hydrogen (secondary N) is 1. The van der Waals surface area contributed by atoms with E-state index in [1.54, 1.807) is 25.1 Å². The van der Waals surface area contributed by atoms with Gasteiger partial charge in [0, 0.05) is 9.90 Å². The van der Waals surface area contributed by atoms with Gasteiger partial charge in [0.25, 0.3) is 5.91 Å². The van der Waals surface area contributed by atoms with E-state index < -0.39 is 6.10 Å². The lowest BCUT2D eigenvalue weighted by molar-refractivity contribution is -0.122. The Morgan fingerprint density at radius 3 is 2.80 bits per heavy atom. The molecule has 160 valence electrons. The minimum absolute atomic E-state index is 0.262. The summed E-state index contributed by atoms with van der Waals surface area (Å²) < 4.78 is 5.71. The molecule has 1 heterocycles. The van der Waals surface area contributed by atoms with E-state index in [0.717, 1.165) is 31.2 Å². The van der Waals surface area contributed by atoms with E-state index in [0.29, 0.717) is 32.3 Å². The van der Waals surface area contributed by atoms with Crippen molar-refractivity contribution in [3.63, 3.8) is 0 Å². The summed E-state index contributed by atoms with van der Waals surface area (Å²) in [6, 6.07) is 7.16. The molecular weight excluding hydrogens is 439 g/mol. The number of thiophene rings is 1. The first-order valence-electron chi connectivity index (χ1n) is 10.1. The summed E-state index contributed by atoms with van der Waals surface area (Å²) in [5, 5.41) is 14.1. The number of anilines is 1. The SMILES string of the molecule is CCC(C)(C)[C@H]1CCc2c(sc(NC(=O)[C@@H](C)Oc3ccc(Cl)cc3Cl)c2C#N)C1. The Kier molecular flexibility index (Phi) is 7.02. The molecule has 1 aliphatic rings. The first-order chi connectivity index (χ1) is 14.2. The fourth-order valence-electron chi connectivity index (χ4n) is 3.78. The Balaban J connectivity index is 1.75. The van der Waals surface area contributed by atoms with Crippen molar-refractivity contribution >= 4 is 45.4 Å². The Morgan fingerprint density at radius 2 is 2.17 bits per heavy atom. The molecule has 0 saturated heterocycles. The van der Waals surface area contributed by atoms with Crippen molar-refractivity contribution in [3.05, 3.63) is 44.2 Å². The summed E-state index contributed by atoms with van der Waals surface area (Å²) in [6.07, 6.45) is 3.25. The van der Waals surface area contributed by atoms with E-state index in [1.807, 2.05) is 0 Å². The van der Waals surface area contributed by atoms with Crippen molar-refractivity contribution in [1.82, 2.24) is 0 Å². The third-order valence-electron chi connectivity index (χ3n) is 6.20. The molecule has 0 spiro atoms. The lowest BCUT2D eigenvalue weighted by atomic mass is 9.69. The first-order valence-corrected chi connectivity index (χ1v) is 11.7. The molecule has 30 heavy (non-hydrogen) atoms. The number of halogens is 2. The monoisotopic (exact) mass is 464 g/mol. The van der Waals surface area contributed by atoms with Crippen LogP contribution in [-0.4, -0.2) is 12.0 Å². The second kappa shape index (κ2) is 9.18. The summed E-state index contributed by atoms with van der Waals surface area (Å²) in [4.78, 5) is 14.0. The number of nitrogens with zero attached hydrogens (tertiary/aromatic N) is 1. The van der Waals surface area contributed by atoms with E-state index >= 15 is 0 Å². The molecule has 1 amide bonds. The minimum Gasteiger partial charge on any atom is -0.479 e. The Labute approximate surface area is 192 Å². The highest BCUT2D eigenvalue weighted by Crippen LogP contribution is 2.45. The van der Waals surface area contributed by atoms with Crippen LogP contribution < -0.4 is 10.1 Å². The molecule has 1 N–H and O–H groups in total. The molecule has 0 saturated carbocycles. The van der Waals surface area contributed by atoms with Crippen molar-refractivity contribution < 1.29 is 9.53 Å². The molecule has 1 aromatic heterocycles. The zero-order chi connectivity index (χ0) is 22.1. The van der Waals surface area contributed by atoms with E-state index in [2.05, 4.69) is 32.2 Å². The van der Waals surface area contributed by atoms with Crippen LogP contribution in [0, 0.1) is 22.7 Å². The lowest BCUT2D eigenvalue weighted by Gasteiger charge is -2.36. The van der Waals surface area contributed by atoms with Gasteiger partial charge in [0.2, 0.25) is 0 Å². The minimum atomic E-state index is -0.777. The fraction of sp³-hybridized carbons (Fsp3) is 0.478. The van der Waals surface area contributed by atoms with Gasteiger partial charge < -0.3 is 10.1 Å². The molecular formula is C23H26Cl2N2O2S. The summed E-state index contributed by atoms with van der Waals surface area (Å²) in [6.45, 7) is 8.50. The Bertz CT molecular complexity index is 994. The van der Waals surface area contributed by atoms with Gasteiger partial charge >= 0.3 is 0 Å². The van der Waals surface area contributed by atoms with Crippen LogP contribution in [0.1, 0.15) is 56.5 Å². The molecule has 3 rings (SSSR count). The normalized spacial score (nSPS) is 17.0. The van der Waals surface area contributed by atoms with Crippen LogP contribution >= 0.6 is 34.5 Å². The number of carbonyl (C=O) groups is 1. The van der Waals surface area contributed by atoms with E-state index in [-0.39, 0.29) is 11.3 Å². The second-order valence-corrected chi connectivity index (χ2v) is 10.4. The largest absolute Gasteiger partial charge is 0.479 e. The molecule has 0 fully saturated rings. The van der Waals surface area contributed by atoms with Crippen molar-refractivity contribution in [2.45, 2.75) is 59.5 Å². The average molecular weight is 465 g/mol.